The topological polar surface area (TPSA) is 74.7 Å². The largest absolute Gasteiger partial charge is 0.480 e. The Morgan fingerprint density at radius 2 is 1.69 bits per heavy atom. The first-order valence-electron chi connectivity index (χ1n) is 9.07. The molecule has 1 aromatic carbocycles. The van der Waals surface area contributed by atoms with Crippen molar-refractivity contribution in [1.29, 1.82) is 0 Å². The van der Waals surface area contributed by atoms with Crippen LogP contribution in [0.4, 0.5) is 5.69 Å². The quantitative estimate of drug-likeness (QED) is 0.814. The van der Waals surface area contributed by atoms with Crippen LogP contribution in [0.2, 0.25) is 0 Å². The molecule has 1 aromatic rings. The average Bonchev–Trinajstić information content (AvgIpc) is 2.62. The molecule has 0 spiro atoms. The molecular weight excluding hydrogens is 350 g/mol. The van der Waals surface area contributed by atoms with Gasteiger partial charge in [-0.2, -0.15) is 0 Å². The first-order chi connectivity index (χ1) is 12.3. The predicted octanol–water partition coefficient (Wildman–Crippen LogP) is 3.87. The minimum absolute atomic E-state index is 0.0184. The van der Waals surface area contributed by atoms with Crippen LogP contribution < -0.4 is 4.90 Å². The molecule has 1 aliphatic rings. The Labute approximate surface area is 159 Å². The first-order valence-corrected chi connectivity index (χ1v) is 10.1. The van der Waals surface area contributed by atoms with Gasteiger partial charge in [-0.25, -0.2) is 0 Å². The van der Waals surface area contributed by atoms with Crippen LogP contribution >= 0.6 is 11.8 Å². The van der Waals surface area contributed by atoms with E-state index in [9.17, 15) is 19.5 Å². The van der Waals surface area contributed by atoms with E-state index in [2.05, 4.69) is 0 Å². The molecule has 1 saturated carbocycles. The summed E-state index contributed by atoms with van der Waals surface area (Å²) < 4.78 is 0. The third-order valence-electron chi connectivity index (χ3n) is 5.04. The SMILES string of the molecule is Cc1ccc(C)c(N(CC(=O)O)C(=O)CSC(=O)C2CCCCC2)c1C. The Balaban J connectivity index is 2.14. The number of aliphatic carboxylic acids is 1. The van der Waals surface area contributed by atoms with E-state index in [1.807, 2.05) is 32.9 Å². The van der Waals surface area contributed by atoms with E-state index >= 15 is 0 Å². The number of carboxylic acids is 1. The summed E-state index contributed by atoms with van der Waals surface area (Å²) in [4.78, 5) is 37.7. The number of carbonyl (C=O) groups excluding carboxylic acids is 2. The summed E-state index contributed by atoms with van der Waals surface area (Å²) in [6.07, 6.45) is 5.10. The first kappa shape index (κ1) is 20.5. The van der Waals surface area contributed by atoms with Gasteiger partial charge in [0.1, 0.15) is 6.54 Å². The maximum Gasteiger partial charge on any atom is 0.323 e. The molecule has 1 aliphatic carbocycles. The Bertz CT molecular complexity index is 695. The Hall–Kier alpha value is -1.82. The van der Waals surface area contributed by atoms with E-state index in [-0.39, 0.29) is 22.7 Å². The molecule has 6 heteroatoms. The normalized spacial score (nSPS) is 14.9. The lowest BCUT2D eigenvalue weighted by atomic mass is 9.90. The van der Waals surface area contributed by atoms with Crippen LogP contribution in [-0.2, 0) is 14.4 Å². The third-order valence-corrected chi connectivity index (χ3v) is 6.05. The summed E-state index contributed by atoms with van der Waals surface area (Å²) in [6.45, 7) is 5.29. The molecule has 0 aliphatic heterocycles. The molecule has 0 heterocycles. The van der Waals surface area contributed by atoms with Crippen molar-refractivity contribution < 1.29 is 19.5 Å². The number of thioether (sulfide) groups is 1. The lowest BCUT2D eigenvalue weighted by molar-refractivity contribution is -0.136. The third kappa shape index (κ3) is 5.10. The van der Waals surface area contributed by atoms with Gasteiger partial charge in [0.05, 0.1) is 11.4 Å². The summed E-state index contributed by atoms with van der Waals surface area (Å²) in [6, 6.07) is 3.85. The molecule has 0 unspecified atom stereocenters. The van der Waals surface area contributed by atoms with Crippen molar-refractivity contribution in [2.24, 2.45) is 5.92 Å². The number of aryl methyl sites for hydroxylation is 2. The summed E-state index contributed by atoms with van der Waals surface area (Å²) in [5.41, 5.74) is 3.39. The van der Waals surface area contributed by atoms with Gasteiger partial charge in [-0.05, 0) is 50.3 Å². The predicted molar refractivity (Wildman–Crippen MR) is 105 cm³/mol. The van der Waals surface area contributed by atoms with Crippen LogP contribution in [0.1, 0.15) is 48.8 Å². The van der Waals surface area contributed by atoms with Crippen molar-refractivity contribution >= 4 is 34.4 Å². The number of rotatable bonds is 6. The van der Waals surface area contributed by atoms with Crippen molar-refractivity contribution in [3.05, 3.63) is 28.8 Å². The molecule has 142 valence electrons. The highest BCUT2D eigenvalue weighted by molar-refractivity contribution is 8.14. The van der Waals surface area contributed by atoms with Crippen molar-refractivity contribution in [1.82, 2.24) is 0 Å². The van der Waals surface area contributed by atoms with Gasteiger partial charge in [0, 0.05) is 5.92 Å². The van der Waals surface area contributed by atoms with Gasteiger partial charge in [-0.15, -0.1) is 0 Å². The Morgan fingerprint density at radius 1 is 1.08 bits per heavy atom. The fourth-order valence-electron chi connectivity index (χ4n) is 3.45. The van der Waals surface area contributed by atoms with Gasteiger partial charge in [0.25, 0.3) is 0 Å². The van der Waals surface area contributed by atoms with Crippen LogP contribution in [0.15, 0.2) is 12.1 Å². The van der Waals surface area contributed by atoms with Gasteiger partial charge in [0.15, 0.2) is 5.12 Å². The minimum atomic E-state index is -1.07. The van der Waals surface area contributed by atoms with Crippen molar-refractivity contribution in [3.63, 3.8) is 0 Å². The highest BCUT2D eigenvalue weighted by Crippen LogP contribution is 2.30. The zero-order valence-corrected chi connectivity index (χ0v) is 16.5. The van der Waals surface area contributed by atoms with Crippen molar-refractivity contribution in [2.75, 3.05) is 17.2 Å². The van der Waals surface area contributed by atoms with Crippen LogP contribution in [0.25, 0.3) is 0 Å². The Kier molecular flexibility index (Phi) is 7.26. The molecule has 0 bridgehead atoms. The van der Waals surface area contributed by atoms with E-state index in [1.165, 1.54) is 11.3 Å². The van der Waals surface area contributed by atoms with Gasteiger partial charge >= 0.3 is 5.97 Å². The number of hydrogen-bond donors (Lipinski definition) is 1. The molecular formula is C20H27NO4S. The van der Waals surface area contributed by atoms with E-state index in [1.54, 1.807) is 0 Å². The smallest absolute Gasteiger partial charge is 0.323 e. The highest BCUT2D eigenvalue weighted by atomic mass is 32.2. The van der Waals surface area contributed by atoms with E-state index in [0.29, 0.717) is 5.69 Å². The van der Waals surface area contributed by atoms with Gasteiger partial charge < -0.3 is 5.11 Å². The molecule has 0 radical (unpaired) electrons. The number of nitrogens with zero attached hydrogens (tertiary/aromatic N) is 1. The lowest BCUT2D eigenvalue weighted by Crippen LogP contribution is -2.38. The zero-order valence-electron chi connectivity index (χ0n) is 15.7. The van der Waals surface area contributed by atoms with E-state index < -0.39 is 12.5 Å². The molecule has 0 atom stereocenters. The molecule has 0 aromatic heterocycles. The fraction of sp³-hybridized carbons (Fsp3) is 0.550. The second-order valence-electron chi connectivity index (χ2n) is 6.99. The van der Waals surface area contributed by atoms with Gasteiger partial charge in [-0.3, -0.25) is 19.3 Å². The molecule has 1 N–H and O–H groups in total. The lowest BCUT2D eigenvalue weighted by Gasteiger charge is -2.26. The second kappa shape index (κ2) is 9.21. The van der Waals surface area contributed by atoms with Crippen LogP contribution in [-0.4, -0.2) is 34.4 Å². The van der Waals surface area contributed by atoms with Crippen LogP contribution in [0.5, 0.6) is 0 Å². The standard InChI is InChI=1S/C20H27NO4S/c1-13-9-10-14(2)19(15(13)3)21(11-18(23)24)17(22)12-26-20(25)16-7-5-4-6-8-16/h9-10,16H,4-8,11-12H2,1-3H3,(H,23,24). The summed E-state index contributed by atoms with van der Waals surface area (Å²) >= 11 is 1.03. The average molecular weight is 378 g/mol. The molecule has 1 fully saturated rings. The molecule has 0 saturated heterocycles. The van der Waals surface area contributed by atoms with Crippen molar-refractivity contribution in [3.8, 4) is 0 Å². The molecule has 5 nitrogen and oxygen atoms in total. The maximum absolute atomic E-state index is 12.8. The zero-order chi connectivity index (χ0) is 19.3. The number of anilines is 1. The summed E-state index contributed by atoms with van der Waals surface area (Å²) in [5, 5.41) is 9.32. The minimum Gasteiger partial charge on any atom is -0.480 e. The van der Waals surface area contributed by atoms with Crippen LogP contribution in [0.3, 0.4) is 0 Å². The summed E-state index contributed by atoms with van der Waals surface area (Å²) in [7, 11) is 0. The van der Waals surface area contributed by atoms with Gasteiger partial charge in [-0.1, -0.05) is 43.2 Å². The number of carboxylic acid groups (broad SMARTS) is 1. The Morgan fingerprint density at radius 3 is 2.31 bits per heavy atom. The maximum atomic E-state index is 12.8. The molecule has 2 rings (SSSR count). The fourth-order valence-corrected chi connectivity index (χ4v) is 4.34. The number of benzene rings is 1. The van der Waals surface area contributed by atoms with Crippen molar-refractivity contribution in [2.45, 2.75) is 52.9 Å². The number of hydrogen-bond acceptors (Lipinski definition) is 4. The molecule has 1 amide bonds. The number of carbonyl (C=O) groups is 3. The number of amides is 1. The second-order valence-corrected chi connectivity index (χ2v) is 7.97. The van der Waals surface area contributed by atoms with E-state index in [0.717, 1.165) is 54.1 Å². The van der Waals surface area contributed by atoms with Crippen LogP contribution in [0, 0.1) is 26.7 Å². The van der Waals surface area contributed by atoms with E-state index in [4.69, 9.17) is 0 Å². The summed E-state index contributed by atoms with van der Waals surface area (Å²) in [5.74, 6) is -1.38. The van der Waals surface area contributed by atoms with Gasteiger partial charge in [0.2, 0.25) is 5.91 Å². The monoisotopic (exact) mass is 377 g/mol. The highest BCUT2D eigenvalue weighted by Gasteiger charge is 2.26. The molecule has 26 heavy (non-hydrogen) atoms.